The van der Waals surface area contributed by atoms with Gasteiger partial charge in [-0.25, -0.2) is 0 Å². The minimum absolute atomic E-state index is 0.152. The molecule has 5 heteroatoms. The van der Waals surface area contributed by atoms with Gasteiger partial charge in [-0.2, -0.15) is 0 Å². The molecule has 0 fully saturated rings. The quantitative estimate of drug-likeness (QED) is 0.616. The Kier molecular flexibility index (Phi) is 3.84. The lowest BCUT2D eigenvalue weighted by molar-refractivity contribution is 0.0959. The summed E-state index contributed by atoms with van der Waals surface area (Å²) in [4.78, 5) is 11.5. The first-order valence-electron chi connectivity index (χ1n) is 4.02. The average molecular weight is 243 g/mol. The highest BCUT2D eigenvalue weighted by atomic mass is 35.5. The number of carbonyl (C=O) groups excluding carboxylic acids is 1. The molecule has 3 nitrogen and oxygen atoms in total. The predicted octanol–water partition coefficient (Wildman–Crippen LogP) is 1.94. The van der Waals surface area contributed by atoms with Crippen molar-refractivity contribution in [1.29, 1.82) is 0 Å². The van der Waals surface area contributed by atoms with Crippen LogP contribution in [0.5, 0.6) is 0 Å². The minimum atomic E-state index is -0.335. The van der Waals surface area contributed by atoms with Crippen LogP contribution in [0.15, 0.2) is 12.1 Å². The largest absolute Gasteiger partial charge is 0.397 e. The minimum Gasteiger partial charge on any atom is -0.397 e. The zero-order chi connectivity index (χ0) is 11.4. The number of rotatable bonds is 2. The second-order valence-electron chi connectivity index (χ2n) is 2.75. The first-order valence-corrected chi connectivity index (χ1v) is 4.78. The van der Waals surface area contributed by atoms with E-state index < -0.39 is 0 Å². The summed E-state index contributed by atoms with van der Waals surface area (Å²) in [7, 11) is 0. The van der Waals surface area contributed by atoms with Crippen molar-refractivity contribution < 1.29 is 4.79 Å². The van der Waals surface area contributed by atoms with Crippen LogP contribution in [0.3, 0.4) is 0 Å². The lowest BCUT2D eigenvalue weighted by Gasteiger charge is -2.05. The molecule has 0 aromatic heterocycles. The highest BCUT2D eigenvalue weighted by molar-refractivity contribution is 6.43. The third-order valence-corrected chi connectivity index (χ3v) is 2.49. The van der Waals surface area contributed by atoms with E-state index >= 15 is 0 Å². The Hall–Kier alpha value is -1.37. The fourth-order valence-electron chi connectivity index (χ4n) is 0.975. The van der Waals surface area contributed by atoms with E-state index in [1.807, 2.05) is 0 Å². The van der Waals surface area contributed by atoms with Gasteiger partial charge in [0.2, 0.25) is 0 Å². The van der Waals surface area contributed by atoms with Gasteiger partial charge in [-0.15, -0.1) is 6.42 Å². The van der Waals surface area contributed by atoms with E-state index in [-0.39, 0.29) is 28.2 Å². The van der Waals surface area contributed by atoms with E-state index in [4.69, 9.17) is 35.4 Å². The molecule has 0 aliphatic heterocycles. The Morgan fingerprint density at radius 2 is 2.20 bits per heavy atom. The maximum atomic E-state index is 11.5. The number of carbonyl (C=O) groups is 1. The Bertz CT molecular complexity index is 415. The van der Waals surface area contributed by atoms with Gasteiger partial charge in [-0.05, 0) is 12.1 Å². The molecular weight excluding hydrogens is 235 g/mol. The fourth-order valence-corrected chi connectivity index (χ4v) is 1.31. The number of nitrogens with two attached hydrogens (primary N) is 1. The number of nitrogens with one attached hydrogen (secondary N) is 1. The van der Waals surface area contributed by atoms with E-state index in [0.29, 0.717) is 5.56 Å². The van der Waals surface area contributed by atoms with Gasteiger partial charge in [0.1, 0.15) is 0 Å². The molecule has 0 radical (unpaired) electrons. The average Bonchev–Trinajstić information content (AvgIpc) is 2.21. The molecule has 0 saturated carbocycles. The van der Waals surface area contributed by atoms with Crippen LogP contribution in [0.25, 0.3) is 0 Å². The summed E-state index contributed by atoms with van der Waals surface area (Å²) >= 11 is 11.5. The second kappa shape index (κ2) is 4.92. The molecule has 0 atom stereocenters. The lowest BCUT2D eigenvalue weighted by Crippen LogP contribution is -2.23. The number of halogens is 2. The number of nitrogen functional groups attached to an aromatic ring is 1. The Morgan fingerprint density at radius 3 is 2.73 bits per heavy atom. The maximum absolute atomic E-state index is 11.5. The summed E-state index contributed by atoms with van der Waals surface area (Å²) in [6.07, 6.45) is 5.00. The topological polar surface area (TPSA) is 55.1 Å². The van der Waals surface area contributed by atoms with Gasteiger partial charge in [-0.3, -0.25) is 4.79 Å². The molecule has 0 spiro atoms. The SMILES string of the molecule is C#CCNC(=O)c1cc(N)c(Cl)c(Cl)c1. The Labute approximate surface area is 97.5 Å². The first-order chi connectivity index (χ1) is 7.06. The van der Waals surface area contributed by atoms with Crippen LogP contribution in [-0.2, 0) is 0 Å². The van der Waals surface area contributed by atoms with Gasteiger partial charge in [-0.1, -0.05) is 29.1 Å². The van der Waals surface area contributed by atoms with E-state index in [9.17, 15) is 4.79 Å². The third kappa shape index (κ3) is 2.79. The van der Waals surface area contributed by atoms with Crippen LogP contribution in [0, 0.1) is 12.3 Å². The van der Waals surface area contributed by atoms with Crippen molar-refractivity contribution in [3.05, 3.63) is 27.7 Å². The van der Waals surface area contributed by atoms with Crippen molar-refractivity contribution in [3.63, 3.8) is 0 Å². The molecule has 78 valence electrons. The summed E-state index contributed by atoms with van der Waals surface area (Å²) in [5.41, 5.74) is 6.14. The van der Waals surface area contributed by atoms with Crippen LogP contribution in [0.1, 0.15) is 10.4 Å². The Balaban J connectivity index is 2.97. The normalized spacial score (nSPS) is 9.40. The lowest BCUT2D eigenvalue weighted by atomic mass is 10.2. The molecule has 15 heavy (non-hydrogen) atoms. The van der Waals surface area contributed by atoms with Gasteiger partial charge in [0.05, 0.1) is 22.3 Å². The molecule has 0 aliphatic carbocycles. The number of hydrogen-bond donors (Lipinski definition) is 2. The molecule has 1 aromatic rings. The summed E-state index contributed by atoms with van der Waals surface area (Å²) in [6, 6.07) is 2.88. The van der Waals surface area contributed by atoms with Gasteiger partial charge >= 0.3 is 0 Å². The summed E-state index contributed by atoms with van der Waals surface area (Å²) < 4.78 is 0. The van der Waals surface area contributed by atoms with Crippen molar-refractivity contribution in [2.75, 3.05) is 12.3 Å². The number of anilines is 1. The van der Waals surface area contributed by atoms with Gasteiger partial charge in [0.15, 0.2) is 0 Å². The zero-order valence-electron chi connectivity index (χ0n) is 7.68. The highest BCUT2D eigenvalue weighted by Crippen LogP contribution is 2.29. The molecule has 0 unspecified atom stereocenters. The van der Waals surface area contributed by atoms with Crippen LogP contribution in [-0.4, -0.2) is 12.5 Å². The van der Waals surface area contributed by atoms with Crippen molar-refractivity contribution in [2.45, 2.75) is 0 Å². The van der Waals surface area contributed by atoms with Crippen LogP contribution < -0.4 is 11.1 Å². The van der Waals surface area contributed by atoms with Crippen molar-refractivity contribution in [1.82, 2.24) is 5.32 Å². The van der Waals surface area contributed by atoms with Crippen LogP contribution in [0.4, 0.5) is 5.69 Å². The number of terminal acetylenes is 1. The van der Waals surface area contributed by atoms with Crippen LogP contribution >= 0.6 is 23.2 Å². The number of amides is 1. The molecule has 3 N–H and O–H groups in total. The summed E-state index contributed by atoms with van der Waals surface area (Å²) in [5, 5.41) is 2.97. The smallest absolute Gasteiger partial charge is 0.252 e. The molecule has 0 bridgehead atoms. The van der Waals surface area contributed by atoms with E-state index in [0.717, 1.165) is 0 Å². The van der Waals surface area contributed by atoms with Gasteiger partial charge in [0.25, 0.3) is 5.91 Å². The first kappa shape index (κ1) is 11.7. The van der Waals surface area contributed by atoms with Gasteiger partial charge in [0, 0.05) is 5.56 Å². The summed E-state index contributed by atoms with van der Waals surface area (Å²) in [5.74, 6) is 1.95. The highest BCUT2D eigenvalue weighted by Gasteiger charge is 2.10. The number of hydrogen-bond acceptors (Lipinski definition) is 2. The monoisotopic (exact) mass is 242 g/mol. The third-order valence-electron chi connectivity index (χ3n) is 1.67. The standard InChI is InChI=1S/C10H8Cl2N2O/c1-2-3-14-10(15)6-4-7(11)9(12)8(13)5-6/h1,4-5H,3,13H2,(H,14,15). The van der Waals surface area contributed by atoms with Crippen LogP contribution in [0.2, 0.25) is 10.0 Å². The summed E-state index contributed by atoms with van der Waals surface area (Å²) in [6.45, 7) is 0.152. The maximum Gasteiger partial charge on any atom is 0.252 e. The molecule has 0 saturated heterocycles. The Morgan fingerprint density at radius 1 is 1.53 bits per heavy atom. The molecule has 1 aromatic carbocycles. The number of benzene rings is 1. The second-order valence-corrected chi connectivity index (χ2v) is 3.53. The van der Waals surface area contributed by atoms with Crippen molar-refractivity contribution in [2.24, 2.45) is 0 Å². The molecular formula is C10H8Cl2N2O. The van der Waals surface area contributed by atoms with Crippen molar-refractivity contribution in [3.8, 4) is 12.3 Å². The van der Waals surface area contributed by atoms with E-state index in [1.54, 1.807) is 0 Å². The van der Waals surface area contributed by atoms with Crippen molar-refractivity contribution >= 4 is 34.8 Å². The predicted molar refractivity (Wildman–Crippen MR) is 62.0 cm³/mol. The van der Waals surface area contributed by atoms with E-state index in [2.05, 4.69) is 11.2 Å². The molecule has 1 amide bonds. The van der Waals surface area contributed by atoms with E-state index in [1.165, 1.54) is 12.1 Å². The molecule has 1 rings (SSSR count). The fraction of sp³-hybridized carbons (Fsp3) is 0.100. The van der Waals surface area contributed by atoms with Gasteiger partial charge < -0.3 is 11.1 Å². The molecule has 0 heterocycles. The zero-order valence-corrected chi connectivity index (χ0v) is 9.19. The molecule has 0 aliphatic rings.